The summed E-state index contributed by atoms with van der Waals surface area (Å²) in [4.78, 5) is 10.8. The number of esters is 1. The minimum absolute atomic E-state index is 0.322. The Labute approximate surface area is 98.7 Å². The van der Waals surface area contributed by atoms with Gasteiger partial charge in [0.25, 0.3) is 0 Å². The van der Waals surface area contributed by atoms with E-state index >= 15 is 0 Å². The quantitative estimate of drug-likeness (QED) is 0.628. The Morgan fingerprint density at radius 2 is 2.20 bits per heavy atom. The first-order valence-electron chi connectivity index (χ1n) is 4.16. The predicted octanol–water partition coefficient (Wildman–Crippen LogP) is 2.30. The van der Waals surface area contributed by atoms with Crippen molar-refractivity contribution in [3.05, 3.63) is 23.8 Å². The molecule has 4 nitrogen and oxygen atoms in total. The number of aromatic nitrogens is 2. The molecule has 2 rings (SSSR count). The van der Waals surface area contributed by atoms with Crippen molar-refractivity contribution in [2.75, 3.05) is 7.11 Å². The van der Waals surface area contributed by atoms with Gasteiger partial charge in [0, 0.05) is 0 Å². The molecule has 0 aliphatic carbocycles. The summed E-state index contributed by atoms with van der Waals surface area (Å²) in [5.41, 5.74) is 2.46. The van der Waals surface area contributed by atoms with E-state index in [1.165, 1.54) is 7.11 Å². The molecule has 15 heavy (non-hydrogen) atoms. The number of carbonyl (C=O) groups excluding carboxylic acids is 1. The lowest BCUT2D eigenvalue weighted by atomic mass is 10.1. The third kappa shape index (κ3) is 2.00. The third-order valence-corrected chi connectivity index (χ3v) is 3.44. The standard InChI is InChI=1S/C9H7BrN2O2S/c1-14-9(13)8(10)5-2-3-6-7(4-5)12-15-11-6/h2-4,8H,1H3. The van der Waals surface area contributed by atoms with Gasteiger partial charge in [0.1, 0.15) is 15.9 Å². The molecule has 1 aromatic heterocycles. The topological polar surface area (TPSA) is 52.1 Å². The Morgan fingerprint density at radius 3 is 2.93 bits per heavy atom. The van der Waals surface area contributed by atoms with E-state index in [0.29, 0.717) is 0 Å². The van der Waals surface area contributed by atoms with E-state index in [0.717, 1.165) is 28.3 Å². The molecule has 0 spiro atoms. The van der Waals surface area contributed by atoms with Gasteiger partial charge in [-0.2, -0.15) is 8.75 Å². The van der Waals surface area contributed by atoms with Crippen molar-refractivity contribution in [1.29, 1.82) is 0 Å². The van der Waals surface area contributed by atoms with Gasteiger partial charge >= 0.3 is 5.97 Å². The summed E-state index contributed by atoms with van der Waals surface area (Å²) in [5, 5.41) is 0. The molecule has 0 bridgehead atoms. The van der Waals surface area contributed by atoms with Gasteiger partial charge in [-0.3, -0.25) is 4.79 Å². The molecular formula is C9H7BrN2O2S. The molecule has 1 aromatic carbocycles. The Morgan fingerprint density at radius 1 is 1.47 bits per heavy atom. The van der Waals surface area contributed by atoms with Crippen LogP contribution < -0.4 is 0 Å². The Kier molecular flexibility index (Phi) is 2.97. The molecule has 0 amide bonds. The second kappa shape index (κ2) is 4.24. The van der Waals surface area contributed by atoms with Crippen LogP contribution in [0, 0.1) is 0 Å². The van der Waals surface area contributed by atoms with Crippen LogP contribution >= 0.6 is 27.7 Å². The van der Waals surface area contributed by atoms with Gasteiger partial charge in [-0.15, -0.1) is 0 Å². The van der Waals surface area contributed by atoms with Gasteiger partial charge in [0.2, 0.25) is 0 Å². The Hall–Kier alpha value is -1.01. The highest BCUT2D eigenvalue weighted by atomic mass is 79.9. The second-order valence-corrected chi connectivity index (χ2v) is 4.34. The summed E-state index contributed by atoms with van der Waals surface area (Å²) in [5.74, 6) is -0.322. The van der Waals surface area contributed by atoms with E-state index in [9.17, 15) is 4.79 Å². The van der Waals surface area contributed by atoms with Gasteiger partial charge in [-0.1, -0.05) is 22.0 Å². The van der Waals surface area contributed by atoms with Crippen molar-refractivity contribution in [3.63, 3.8) is 0 Å². The zero-order valence-corrected chi connectivity index (χ0v) is 10.2. The highest BCUT2D eigenvalue weighted by Crippen LogP contribution is 2.26. The SMILES string of the molecule is COC(=O)C(Br)c1ccc2nsnc2c1. The number of nitrogens with zero attached hydrogens (tertiary/aromatic N) is 2. The van der Waals surface area contributed by atoms with Crippen LogP contribution in [-0.2, 0) is 9.53 Å². The monoisotopic (exact) mass is 286 g/mol. The lowest BCUT2D eigenvalue weighted by Crippen LogP contribution is -2.07. The van der Waals surface area contributed by atoms with E-state index in [1.807, 2.05) is 18.2 Å². The molecule has 0 N–H and O–H groups in total. The number of methoxy groups -OCH3 is 1. The van der Waals surface area contributed by atoms with E-state index in [-0.39, 0.29) is 5.97 Å². The summed E-state index contributed by atoms with van der Waals surface area (Å²) < 4.78 is 12.8. The van der Waals surface area contributed by atoms with Crippen molar-refractivity contribution >= 4 is 44.7 Å². The number of benzene rings is 1. The molecule has 0 aliphatic rings. The minimum atomic E-state index is -0.450. The molecule has 0 fully saturated rings. The number of rotatable bonds is 2. The lowest BCUT2D eigenvalue weighted by molar-refractivity contribution is -0.139. The molecule has 0 saturated carbocycles. The minimum Gasteiger partial charge on any atom is -0.468 e. The maximum atomic E-state index is 11.3. The normalized spacial score (nSPS) is 12.7. The summed E-state index contributed by atoms with van der Waals surface area (Å²) in [6.07, 6.45) is 0. The maximum absolute atomic E-state index is 11.3. The Bertz CT molecular complexity index is 500. The van der Waals surface area contributed by atoms with Crippen LogP contribution in [0.1, 0.15) is 10.4 Å². The lowest BCUT2D eigenvalue weighted by Gasteiger charge is -2.06. The summed E-state index contributed by atoms with van der Waals surface area (Å²) in [7, 11) is 1.36. The molecule has 1 heterocycles. The fourth-order valence-corrected chi connectivity index (χ4v) is 2.19. The van der Waals surface area contributed by atoms with Crippen LogP contribution in [0.3, 0.4) is 0 Å². The molecule has 2 aromatic rings. The van der Waals surface area contributed by atoms with Crippen molar-refractivity contribution < 1.29 is 9.53 Å². The predicted molar refractivity (Wildman–Crippen MR) is 61.1 cm³/mol. The van der Waals surface area contributed by atoms with Crippen LogP contribution in [-0.4, -0.2) is 21.8 Å². The average molecular weight is 287 g/mol. The summed E-state index contributed by atoms with van der Waals surface area (Å²) in [6, 6.07) is 5.50. The van der Waals surface area contributed by atoms with Crippen molar-refractivity contribution in [3.8, 4) is 0 Å². The summed E-state index contributed by atoms with van der Waals surface area (Å²) in [6.45, 7) is 0. The van der Waals surface area contributed by atoms with Crippen LogP contribution in [0.4, 0.5) is 0 Å². The van der Waals surface area contributed by atoms with E-state index in [2.05, 4.69) is 29.4 Å². The number of fused-ring (bicyclic) bond motifs is 1. The third-order valence-electron chi connectivity index (χ3n) is 1.98. The average Bonchev–Trinajstić information content (AvgIpc) is 2.73. The second-order valence-electron chi connectivity index (χ2n) is 2.90. The number of carbonyl (C=O) groups is 1. The number of halogens is 1. The molecule has 78 valence electrons. The van der Waals surface area contributed by atoms with Crippen LogP contribution in [0.25, 0.3) is 11.0 Å². The molecule has 1 atom stereocenters. The zero-order chi connectivity index (χ0) is 10.8. The molecule has 6 heteroatoms. The van der Waals surface area contributed by atoms with Gasteiger partial charge in [-0.25, -0.2) is 0 Å². The van der Waals surface area contributed by atoms with Crippen LogP contribution in [0.2, 0.25) is 0 Å². The number of ether oxygens (including phenoxy) is 1. The summed E-state index contributed by atoms with van der Waals surface area (Å²) >= 11 is 4.42. The van der Waals surface area contributed by atoms with E-state index < -0.39 is 4.83 Å². The number of hydrogen-bond donors (Lipinski definition) is 0. The van der Waals surface area contributed by atoms with E-state index in [1.54, 1.807) is 0 Å². The fourth-order valence-electron chi connectivity index (χ4n) is 1.20. The first kappa shape index (κ1) is 10.5. The van der Waals surface area contributed by atoms with Crippen molar-refractivity contribution in [2.24, 2.45) is 0 Å². The van der Waals surface area contributed by atoms with Crippen molar-refractivity contribution in [2.45, 2.75) is 4.83 Å². The van der Waals surface area contributed by atoms with E-state index in [4.69, 9.17) is 0 Å². The molecule has 0 radical (unpaired) electrons. The van der Waals surface area contributed by atoms with Crippen LogP contribution in [0.5, 0.6) is 0 Å². The first-order chi connectivity index (χ1) is 7.22. The largest absolute Gasteiger partial charge is 0.468 e. The van der Waals surface area contributed by atoms with Gasteiger partial charge in [0.15, 0.2) is 0 Å². The highest BCUT2D eigenvalue weighted by Gasteiger charge is 2.18. The molecule has 0 aliphatic heterocycles. The molecule has 0 saturated heterocycles. The smallest absolute Gasteiger partial charge is 0.323 e. The van der Waals surface area contributed by atoms with Gasteiger partial charge in [0.05, 0.1) is 18.8 Å². The highest BCUT2D eigenvalue weighted by molar-refractivity contribution is 9.09. The molecular weight excluding hydrogens is 280 g/mol. The van der Waals surface area contributed by atoms with Gasteiger partial charge < -0.3 is 4.74 Å². The fraction of sp³-hybridized carbons (Fsp3) is 0.222. The van der Waals surface area contributed by atoms with Gasteiger partial charge in [-0.05, 0) is 17.7 Å². The van der Waals surface area contributed by atoms with Crippen molar-refractivity contribution in [1.82, 2.24) is 8.75 Å². The zero-order valence-electron chi connectivity index (χ0n) is 7.81. The first-order valence-corrected chi connectivity index (χ1v) is 5.81. The maximum Gasteiger partial charge on any atom is 0.323 e. The Balaban J connectivity index is 2.39. The number of alkyl halides is 1. The number of hydrogen-bond acceptors (Lipinski definition) is 5. The molecule has 1 unspecified atom stereocenters. The van der Waals surface area contributed by atoms with Crippen LogP contribution in [0.15, 0.2) is 18.2 Å².